The third kappa shape index (κ3) is 6.30. The van der Waals surface area contributed by atoms with Crippen LogP contribution in [0.2, 0.25) is 0 Å². The molecule has 2 heterocycles. The number of fused-ring (bicyclic) bond motifs is 3. The van der Waals surface area contributed by atoms with Gasteiger partial charge in [0.2, 0.25) is 0 Å². The fourth-order valence-electron chi connectivity index (χ4n) is 6.06. The Balaban J connectivity index is 1.14. The van der Waals surface area contributed by atoms with Crippen molar-refractivity contribution in [2.24, 2.45) is 11.8 Å². The standard InChI is InChI=1S/C31H42N2O3/c34-31-26-11-10-25(35-20-3-1-6-23-12-16-32-17-13-23)22-28(26)30-27(31)8-5-9-29(30)36-21-4-2-7-24-14-18-33-19-15-24/h5,8-11,22-24,32-33H,1-4,6-7,12-21H2. The monoisotopic (exact) mass is 490 g/mol. The molecule has 2 aromatic carbocycles. The minimum Gasteiger partial charge on any atom is -0.494 e. The molecule has 194 valence electrons. The Morgan fingerprint density at radius 1 is 0.694 bits per heavy atom. The summed E-state index contributed by atoms with van der Waals surface area (Å²) in [5.74, 6) is 3.48. The number of hydrogen-bond acceptors (Lipinski definition) is 5. The molecule has 2 aliphatic heterocycles. The van der Waals surface area contributed by atoms with Crippen molar-refractivity contribution in [2.45, 2.75) is 64.2 Å². The van der Waals surface area contributed by atoms with Crippen molar-refractivity contribution in [1.82, 2.24) is 10.6 Å². The first-order valence-corrected chi connectivity index (χ1v) is 14.3. The van der Waals surface area contributed by atoms with Gasteiger partial charge < -0.3 is 20.1 Å². The van der Waals surface area contributed by atoms with Gasteiger partial charge in [-0.25, -0.2) is 0 Å². The first kappa shape index (κ1) is 25.3. The molecular formula is C31H42N2O3. The molecule has 0 saturated carbocycles. The lowest BCUT2D eigenvalue weighted by Crippen LogP contribution is -2.27. The van der Waals surface area contributed by atoms with Gasteiger partial charge in [0.05, 0.1) is 13.2 Å². The number of unbranched alkanes of at least 4 members (excludes halogenated alkanes) is 2. The van der Waals surface area contributed by atoms with Gasteiger partial charge in [0.15, 0.2) is 5.78 Å². The zero-order valence-electron chi connectivity index (χ0n) is 21.7. The highest BCUT2D eigenvalue weighted by atomic mass is 16.5. The molecule has 2 saturated heterocycles. The van der Waals surface area contributed by atoms with Crippen LogP contribution in [-0.4, -0.2) is 45.2 Å². The largest absolute Gasteiger partial charge is 0.494 e. The van der Waals surface area contributed by atoms with E-state index in [2.05, 4.69) is 10.6 Å². The normalized spacial score (nSPS) is 18.2. The van der Waals surface area contributed by atoms with Gasteiger partial charge in [-0.05, 0) is 114 Å². The molecule has 2 aromatic rings. The lowest BCUT2D eigenvalue weighted by Gasteiger charge is -2.22. The van der Waals surface area contributed by atoms with E-state index in [0.717, 1.165) is 78.1 Å². The van der Waals surface area contributed by atoms with Crippen molar-refractivity contribution in [1.29, 1.82) is 0 Å². The molecule has 36 heavy (non-hydrogen) atoms. The van der Waals surface area contributed by atoms with Gasteiger partial charge in [0, 0.05) is 22.3 Å². The zero-order valence-corrected chi connectivity index (χ0v) is 21.7. The maximum absolute atomic E-state index is 13.0. The molecule has 0 radical (unpaired) electrons. The number of benzene rings is 2. The van der Waals surface area contributed by atoms with Gasteiger partial charge in [0.25, 0.3) is 0 Å². The highest BCUT2D eigenvalue weighted by molar-refractivity contribution is 6.22. The van der Waals surface area contributed by atoms with Crippen molar-refractivity contribution in [2.75, 3.05) is 39.4 Å². The molecule has 2 fully saturated rings. The highest BCUT2D eigenvalue weighted by Gasteiger charge is 2.30. The summed E-state index contributed by atoms with van der Waals surface area (Å²) in [6, 6.07) is 11.8. The van der Waals surface area contributed by atoms with Gasteiger partial charge >= 0.3 is 0 Å². The molecule has 0 spiro atoms. The summed E-state index contributed by atoms with van der Waals surface area (Å²) < 4.78 is 12.4. The Bertz CT molecular complexity index is 1010. The van der Waals surface area contributed by atoms with E-state index < -0.39 is 0 Å². The van der Waals surface area contributed by atoms with Crippen LogP contribution in [0.1, 0.15) is 80.1 Å². The SMILES string of the molecule is O=C1c2ccc(OCCCCC3CCNCC3)cc2-c2c(OCCCCC3CCNCC3)cccc21. The third-order valence-electron chi connectivity index (χ3n) is 8.23. The second kappa shape index (κ2) is 12.7. The highest BCUT2D eigenvalue weighted by Crippen LogP contribution is 2.44. The molecular weight excluding hydrogens is 448 g/mol. The summed E-state index contributed by atoms with van der Waals surface area (Å²) in [5.41, 5.74) is 3.39. The Morgan fingerprint density at radius 2 is 1.33 bits per heavy atom. The van der Waals surface area contributed by atoms with Gasteiger partial charge in [-0.15, -0.1) is 0 Å². The van der Waals surface area contributed by atoms with E-state index in [1.54, 1.807) is 0 Å². The second-order valence-corrected chi connectivity index (χ2v) is 10.8. The van der Waals surface area contributed by atoms with Gasteiger partial charge in [-0.2, -0.15) is 0 Å². The predicted octanol–water partition coefficient (Wildman–Crippen LogP) is 6.00. The fraction of sp³-hybridized carbons (Fsp3) is 0.581. The summed E-state index contributed by atoms with van der Waals surface area (Å²) in [7, 11) is 0. The van der Waals surface area contributed by atoms with Crippen LogP contribution in [0.25, 0.3) is 11.1 Å². The average molecular weight is 491 g/mol. The Kier molecular flexibility index (Phi) is 8.95. The Morgan fingerprint density at radius 3 is 2.00 bits per heavy atom. The number of ketones is 1. The first-order chi connectivity index (χ1) is 17.8. The molecule has 5 rings (SSSR count). The van der Waals surface area contributed by atoms with E-state index >= 15 is 0 Å². The van der Waals surface area contributed by atoms with Crippen LogP contribution < -0.4 is 20.1 Å². The van der Waals surface area contributed by atoms with Gasteiger partial charge in [0.1, 0.15) is 11.5 Å². The van der Waals surface area contributed by atoms with E-state index in [1.807, 2.05) is 36.4 Å². The summed E-state index contributed by atoms with van der Waals surface area (Å²) in [6.07, 6.45) is 12.3. The smallest absolute Gasteiger partial charge is 0.194 e. The second-order valence-electron chi connectivity index (χ2n) is 10.8. The van der Waals surface area contributed by atoms with Crippen molar-refractivity contribution < 1.29 is 14.3 Å². The zero-order chi connectivity index (χ0) is 24.6. The molecule has 1 aliphatic carbocycles. The van der Waals surface area contributed by atoms with Gasteiger partial charge in [-0.1, -0.05) is 25.0 Å². The van der Waals surface area contributed by atoms with Crippen LogP contribution in [0.15, 0.2) is 36.4 Å². The maximum atomic E-state index is 13.0. The lowest BCUT2D eigenvalue weighted by molar-refractivity contribution is 0.104. The van der Waals surface area contributed by atoms with Crippen LogP contribution in [0.5, 0.6) is 11.5 Å². The van der Waals surface area contributed by atoms with Crippen molar-refractivity contribution >= 4 is 5.78 Å². The topological polar surface area (TPSA) is 59.6 Å². The average Bonchev–Trinajstić information content (AvgIpc) is 3.21. The lowest BCUT2D eigenvalue weighted by atomic mass is 9.93. The predicted molar refractivity (Wildman–Crippen MR) is 145 cm³/mol. The minimum absolute atomic E-state index is 0.0879. The van der Waals surface area contributed by atoms with E-state index in [0.29, 0.717) is 6.61 Å². The molecule has 0 atom stereocenters. The molecule has 5 nitrogen and oxygen atoms in total. The van der Waals surface area contributed by atoms with Crippen molar-refractivity contribution in [3.63, 3.8) is 0 Å². The number of carbonyl (C=O) groups is 1. The summed E-state index contributed by atoms with van der Waals surface area (Å²) >= 11 is 0. The molecule has 3 aliphatic rings. The molecule has 2 N–H and O–H groups in total. The quantitative estimate of drug-likeness (QED) is 0.305. The fourth-order valence-corrected chi connectivity index (χ4v) is 6.06. The molecule has 0 aromatic heterocycles. The summed E-state index contributed by atoms with van der Waals surface area (Å²) in [6.45, 7) is 6.07. The van der Waals surface area contributed by atoms with Gasteiger partial charge in [-0.3, -0.25) is 4.79 Å². The molecule has 0 amide bonds. The van der Waals surface area contributed by atoms with Crippen LogP contribution in [0.3, 0.4) is 0 Å². The molecule has 0 bridgehead atoms. The van der Waals surface area contributed by atoms with Crippen LogP contribution in [0, 0.1) is 11.8 Å². The Hall–Kier alpha value is -2.37. The van der Waals surface area contributed by atoms with Crippen LogP contribution in [0.4, 0.5) is 0 Å². The maximum Gasteiger partial charge on any atom is 0.194 e. The van der Waals surface area contributed by atoms with Crippen LogP contribution >= 0.6 is 0 Å². The first-order valence-electron chi connectivity index (χ1n) is 14.3. The van der Waals surface area contributed by atoms with Crippen molar-refractivity contribution in [3.05, 3.63) is 47.5 Å². The van der Waals surface area contributed by atoms with E-state index in [4.69, 9.17) is 9.47 Å². The van der Waals surface area contributed by atoms with Crippen LogP contribution in [-0.2, 0) is 0 Å². The summed E-state index contributed by atoms with van der Waals surface area (Å²) in [5, 5.41) is 6.89. The Labute approximate surface area is 216 Å². The number of hydrogen-bond donors (Lipinski definition) is 2. The summed E-state index contributed by atoms with van der Waals surface area (Å²) in [4.78, 5) is 13.0. The minimum atomic E-state index is 0.0879. The number of nitrogens with one attached hydrogen (secondary N) is 2. The molecule has 0 unspecified atom stereocenters. The number of rotatable bonds is 12. The number of ether oxygens (including phenoxy) is 2. The van der Waals surface area contributed by atoms with E-state index in [1.165, 1.54) is 64.5 Å². The van der Waals surface area contributed by atoms with E-state index in [-0.39, 0.29) is 5.78 Å². The number of piperidine rings is 2. The van der Waals surface area contributed by atoms with Crippen molar-refractivity contribution in [3.8, 4) is 22.6 Å². The molecule has 5 heteroatoms. The number of carbonyl (C=O) groups excluding carboxylic acids is 1. The van der Waals surface area contributed by atoms with E-state index in [9.17, 15) is 4.79 Å². The third-order valence-corrected chi connectivity index (χ3v) is 8.23.